The smallest absolute Gasteiger partial charge is 0.185 e. The highest BCUT2D eigenvalue weighted by molar-refractivity contribution is 5.69. The summed E-state index contributed by atoms with van der Waals surface area (Å²) in [5, 5.41) is 0. The molecule has 0 radical (unpaired) electrons. The van der Waals surface area contributed by atoms with E-state index < -0.39 is 0 Å². The van der Waals surface area contributed by atoms with Gasteiger partial charge in [0.25, 0.3) is 0 Å². The predicted molar refractivity (Wildman–Crippen MR) is 58.7 cm³/mol. The fourth-order valence-electron chi connectivity index (χ4n) is 0.745. The summed E-state index contributed by atoms with van der Waals surface area (Å²) in [4.78, 5) is 9.77. The fourth-order valence-corrected chi connectivity index (χ4v) is 0.745. The molecule has 0 unspecified atom stereocenters. The Morgan fingerprint density at radius 3 is 2.12 bits per heavy atom. The summed E-state index contributed by atoms with van der Waals surface area (Å²) in [6, 6.07) is 3.27. The van der Waals surface area contributed by atoms with Crippen molar-refractivity contribution < 1.29 is 23.4 Å². The second kappa shape index (κ2) is 11.9. The van der Waals surface area contributed by atoms with E-state index in [0.29, 0.717) is 38.5 Å². The summed E-state index contributed by atoms with van der Waals surface area (Å²) >= 11 is 0. The quantitative estimate of drug-likeness (QED) is 0.523. The largest absolute Gasteiger partial charge is 0.462 e. The Bertz CT molecular complexity index is 227. The van der Waals surface area contributed by atoms with Crippen LogP contribution in [0.3, 0.4) is 0 Å². The van der Waals surface area contributed by atoms with Crippen LogP contribution in [-0.4, -0.2) is 46.9 Å². The van der Waals surface area contributed by atoms with E-state index in [0.717, 1.165) is 0 Å². The highest BCUT2D eigenvalue weighted by Crippen LogP contribution is 1.92. The number of aldehydes is 1. The van der Waals surface area contributed by atoms with Crippen molar-refractivity contribution in [1.29, 1.82) is 0 Å². The molecule has 92 valence electrons. The molecule has 16 heavy (non-hydrogen) atoms. The third-order valence-corrected chi connectivity index (χ3v) is 1.52. The maximum Gasteiger partial charge on any atom is 0.185 e. The molecule has 5 nitrogen and oxygen atoms in total. The Labute approximate surface area is 95.3 Å². The van der Waals surface area contributed by atoms with Crippen LogP contribution in [0.4, 0.5) is 0 Å². The molecular weight excluding hydrogens is 212 g/mol. The number of carbonyl (C=O) groups excluding carboxylic acids is 1. The lowest BCUT2D eigenvalue weighted by molar-refractivity contribution is 0.0385. The van der Waals surface area contributed by atoms with Gasteiger partial charge in [-0.15, -0.1) is 0 Å². The van der Waals surface area contributed by atoms with Crippen molar-refractivity contribution in [2.75, 3.05) is 40.6 Å². The van der Waals surface area contributed by atoms with E-state index in [9.17, 15) is 4.79 Å². The Kier molecular flexibility index (Phi) is 11.0. The molecule has 1 rings (SSSR count). The first-order valence-corrected chi connectivity index (χ1v) is 4.89. The summed E-state index contributed by atoms with van der Waals surface area (Å²) in [5.41, 5.74) is 0. The van der Waals surface area contributed by atoms with E-state index in [1.54, 1.807) is 26.4 Å². The van der Waals surface area contributed by atoms with Gasteiger partial charge in [-0.3, -0.25) is 4.79 Å². The standard InChI is InChI=1S/C6H14O3.C5H4O2/c1-7-3-5-9-6-4-8-2;6-4-5-2-1-3-7-5/h3-6H2,1-2H3;1-4H. The highest BCUT2D eigenvalue weighted by atomic mass is 16.5. The zero-order valence-corrected chi connectivity index (χ0v) is 9.68. The molecule has 0 bridgehead atoms. The summed E-state index contributed by atoms with van der Waals surface area (Å²) in [6.45, 7) is 2.62. The van der Waals surface area contributed by atoms with Gasteiger partial charge in [-0.25, -0.2) is 0 Å². The van der Waals surface area contributed by atoms with Crippen LogP contribution in [0.1, 0.15) is 10.6 Å². The average Bonchev–Trinajstić information content (AvgIpc) is 2.83. The van der Waals surface area contributed by atoms with Gasteiger partial charge in [0.2, 0.25) is 0 Å². The minimum atomic E-state index is 0.375. The van der Waals surface area contributed by atoms with Crippen LogP contribution in [0.25, 0.3) is 0 Å². The molecular formula is C11H18O5. The number of ether oxygens (including phenoxy) is 3. The SMILES string of the molecule is COCCOCCOC.O=Cc1ccco1. The summed E-state index contributed by atoms with van der Waals surface area (Å²) < 4.78 is 19.2. The van der Waals surface area contributed by atoms with Crippen LogP contribution in [0.15, 0.2) is 22.8 Å². The number of furan rings is 1. The minimum Gasteiger partial charge on any atom is -0.462 e. The van der Waals surface area contributed by atoms with Gasteiger partial charge in [-0.2, -0.15) is 0 Å². The van der Waals surface area contributed by atoms with Gasteiger partial charge in [0, 0.05) is 14.2 Å². The highest BCUT2D eigenvalue weighted by Gasteiger charge is 1.85. The predicted octanol–water partition coefficient (Wildman–Crippen LogP) is 1.39. The number of carbonyl (C=O) groups is 1. The number of methoxy groups -OCH3 is 2. The maximum absolute atomic E-state index is 9.77. The zero-order valence-electron chi connectivity index (χ0n) is 9.68. The van der Waals surface area contributed by atoms with Crippen molar-refractivity contribution in [2.24, 2.45) is 0 Å². The van der Waals surface area contributed by atoms with E-state index in [-0.39, 0.29) is 0 Å². The molecule has 0 saturated heterocycles. The van der Waals surface area contributed by atoms with E-state index in [1.165, 1.54) is 6.26 Å². The Hall–Kier alpha value is -1.17. The first-order chi connectivity index (χ1) is 7.85. The molecule has 1 aromatic rings. The Morgan fingerprint density at radius 1 is 1.19 bits per heavy atom. The van der Waals surface area contributed by atoms with Gasteiger partial charge < -0.3 is 18.6 Å². The molecule has 1 aromatic heterocycles. The van der Waals surface area contributed by atoms with Crippen molar-refractivity contribution >= 4 is 6.29 Å². The van der Waals surface area contributed by atoms with Gasteiger partial charge in [0.1, 0.15) is 0 Å². The summed E-state index contributed by atoms with van der Waals surface area (Å²) in [6.07, 6.45) is 2.13. The zero-order chi connectivity index (χ0) is 12.1. The normalized spacial score (nSPS) is 9.38. The fraction of sp³-hybridized carbons (Fsp3) is 0.545. The van der Waals surface area contributed by atoms with Crippen LogP contribution in [0.2, 0.25) is 0 Å². The molecule has 1 heterocycles. The lowest BCUT2D eigenvalue weighted by Gasteiger charge is -2.00. The van der Waals surface area contributed by atoms with Gasteiger partial charge in [0.05, 0.1) is 32.7 Å². The third-order valence-electron chi connectivity index (χ3n) is 1.52. The second-order valence-electron chi connectivity index (χ2n) is 2.73. The average molecular weight is 230 g/mol. The molecule has 0 fully saturated rings. The van der Waals surface area contributed by atoms with Gasteiger partial charge in [-0.05, 0) is 12.1 Å². The lowest BCUT2D eigenvalue weighted by atomic mass is 10.5. The molecule has 0 spiro atoms. The first-order valence-electron chi connectivity index (χ1n) is 4.89. The molecule has 0 atom stereocenters. The number of hydrogen-bond donors (Lipinski definition) is 0. The van der Waals surface area contributed by atoms with Crippen LogP contribution in [0.5, 0.6) is 0 Å². The Balaban J connectivity index is 0.000000288. The molecule has 0 aliphatic heterocycles. The van der Waals surface area contributed by atoms with E-state index in [2.05, 4.69) is 4.42 Å². The van der Waals surface area contributed by atoms with E-state index >= 15 is 0 Å². The lowest BCUT2D eigenvalue weighted by Crippen LogP contribution is -2.06. The van der Waals surface area contributed by atoms with Gasteiger partial charge in [-0.1, -0.05) is 0 Å². The van der Waals surface area contributed by atoms with Gasteiger partial charge in [0.15, 0.2) is 12.0 Å². The molecule has 5 heteroatoms. The maximum atomic E-state index is 9.77. The molecule has 0 aliphatic rings. The monoisotopic (exact) mass is 230 g/mol. The van der Waals surface area contributed by atoms with Crippen molar-refractivity contribution in [1.82, 2.24) is 0 Å². The van der Waals surface area contributed by atoms with Crippen molar-refractivity contribution in [2.45, 2.75) is 0 Å². The van der Waals surface area contributed by atoms with Crippen molar-refractivity contribution in [3.05, 3.63) is 24.2 Å². The van der Waals surface area contributed by atoms with Crippen molar-refractivity contribution in [3.8, 4) is 0 Å². The molecule has 0 saturated carbocycles. The van der Waals surface area contributed by atoms with Crippen LogP contribution in [0, 0.1) is 0 Å². The van der Waals surface area contributed by atoms with Gasteiger partial charge >= 0.3 is 0 Å². The summed E-state index contributed by atoms with van der Waals surface area (Å²) in [5.74, 6) is 0.375. The Morgan fingerprint density at radius 2 is 1.81 bits per heavy atom. The molecule has 0 aliphatic carbocycles. The molecule has 0 N–H and O–H groups in total. The van der Waals surface area contributed by atoms with Crippen LogP contribution in [-0.2, 0) is 14.2 Å². The summed E-state index contributed by atoms with van der Waals surface area (Å²) in [7, 11) is 3.30. The van der Waals surface area contributed by atoms with Crippen LogP contribution >= 0.6 is 0 Å². The number of rotatable bonds is 7. The minimum absolute atomic E-state index is 0.375. The third kappa shape index (κ3) is 9.39. The molecule has 0 amide bonds. The van der Waals surface area contributed by atoms with Crippen LogP contribution < -0.4 is 0 Å². The molecule has 0 aromatic carbocycles. The van der Waals surface area contributed by atoms with Crippen molar-refractivity contribution in [3.63, 3.8) is 0 Å². The second-order valence-corrected chi connectivity index (χ2v) is 2.73. The van der Waals surface area contributed by atoms with E-state index in [4.69, 9.17) is 14.2 Å². The topological polar surface area (TPSA) is 57.9 Å². The van der Waals surface area contributed by atoms with E-state index in [1.807, 2.05) is 0 Å². The first kappa shape index (κ1) is 14.8. The number of hydrogen-bond acceptors (Lipinski definition) is 5.